The highest BCUT2D eigenvalue weighted by molar-refractivity contribution is 6.30. The zero-order valence-corrected chi connectivity index (χ0v) is 9.86. The number of rotatable bonds is 5. The molecule has 1 atom stereocenters. The lowest BCUT2D eigenvalue weighted by molar-refractivity contribution is -0.144. The summed E-state index contributed by atoms with van der Waals surface area (Å²) in [6.45, 7) is 1.78. The Balaban J connectivity index is 2.89. The van der Waals surface area contributed by atoms with Crippen molar-refractivity contribution in [3.05, 3.63) is 28.8 Å². The molecular formula is C11H12ClNO4. The van der Waals surface area contributed by atoms with E-state index in [1.54, 1.807) is 25.1 Å². The monoisotopic (exact) mass is 257 g/mol. The largest absolute Gasteiger partial charge is 0.481 e. The average Bonchev–Trinajstić information content (AvgIpc) is 2.21. The van der Waals surface area contributed by atoms with Gasteiger partial charge in [-0.15, -0.1) is 0 Å². The van der Waals surface area contributed by atoms with E-state index in [1.807, 2.05) is 0 Å². The fraction of sp³-hybridized carbons (Fsp3) is 0.273. The van der Waals surface area contributed by atoms with Crippen LogP contribution >= 0.6 is 11.6 Å². The summed E-state index contributed by atoms with van der Waals surface area (Å²) in [5.41, 5.74) is 1.32. The molecule has 92 valence electrons. The standard InChI is InChI=1S/C11H12ClNO4/c1-6-2-3-7(12)4-8(6)13-9(11(16)17)5-10(14)15/h2-4,9,13H,5H2,1H3,(H,14,15)(H,16,17). The number of anilines is 1. The van der Waals surface area contributed by atoms with Crippen LogP contribution in [-0.2, 0) is 9.59 Å². The van der Waals surface area contributed by atoms with E-state index in [0.29, 0.717) is 10.7 Å². The molecule has 0 saturated heterocycles. The molecule has 0 aliphatic rings. The number of carboxylic acid groups (broad SMARTS) is 2. The fourth-order valence-electron chi connectivity index (χ4n) is 1.31. The first-order valence-electron chi connectivity index (χ1n) is 4.87. The van der Waals surface area contributed by atoms with Gasteiger partial charge in [-0.2, -0.15) is 0 Å². The molecule has 1 aromatic rings. The van der Waals surface area contributed by atoms with Crippen LogP contribution < -0.4 is 5.32 Å². The van der Waals surface area contributed by atoms with E-state index in [-0.39, 0.29) is 0 Å². The molecule has 0 fully saturated rings. The first-order valence-corrected chi connectivity index (χ1v) is 5.25. The zero-order valence-electron chi connectivity index (χ0n) is 9.11. The lowest BCUT2D eigenvalue weighted by Gasteiger charge is -2.15. The predicted molar refractivity (Wildman–Crippen MR) is 63.5 cm³/mol. The third-order valence-electron chi connectivity index (χ3n) is 2.21. The lowest BCUT2D eigenvalue weighted by Crippen LogP contribution is -2.32. The second-order valence-electron chi connectivity index (χ2n) is 3.59. The van der Waals surface area contributed by atoms with Crippen LogP contribution in [0.1, 0.15) is 12.0 Å². The number of benzene rings is 1. The molecule has 0 heterocycles. The van der Waals surface area contributed by atoms with Gasteiger partial charge in [0.15, 0.2) is 0 Å². The molecule has 0 saturated carbocycles. The molecule has 17 heavy (non-hydrogen) atoms. The molecule has 5 nitrogen and oxygen atoms in total. The Morgan fingerprint density at radius 3 is 2.59 bits per heavy atom. The third-order valence-corrected chi connectivity index (χ3v) is 2.44. The van der Waals surface area contributed by atoms with Crippen LogP contribution in [-0.4, -0.2) is 28.2 Å². The third kappa shape index (κ3) is 3.96. The Labute approximate surface area is 103 Å². The normalized spacial score (nSPS) is 11.9. The molecule has 0 aliphatic carbocycles. The molecule has 0 amide bonds. The Morgan fingerprint density at radius 2 is 2.06 bits per heavy atom. The zero-order chi connectivity index (χ0) is 13.0. The maximum absolute atomic E-state index is 10.9. The van der Waals surface area contributed by atoms with Crippen molar-refractivity contribution < 1.29 is 19.8 Å². The molecule has 0 radical (unpaired) electrons. The SMILES string of the molecule is Cc1ccc(Cl)cc1NC(CC(=O)O)C(=O)O. The maximum Gasteiger partial charge on any atom is 0.326 e. The molecule has 1 unspecified atom stereocenters. The van der Waals surface area contributed by atoms with Gasteiger partial charge >= 0.3 is 11.9 Å². The molecule has 1 rings (SSSR count). The predicted octanol–water partition coefficient (Wildman–Crippen LogP) is 1.99. The molecule has 0 spiro atoms. The first-order chi connectivity index (χ1) is 7.90. The molecule has 0 bridgehead atoms. The van der Waals surface area contributed by atoms with Crippen molar-refractivity contribution in [2.45, 2.75) is 19.4 Å². The van der Waals surface area contributed by atoms with Crippen molar-refractivity contribution in [1.82, 2.24) is 0 Å². The number of carbonyl (C=O) groups is 2. The summed E-state index contributed by atoms with van der Waals surface area (Å²) in [5, 5.41) is 20.6. The Hall–Kier alpha value is -1.75. The van der Waals surface area contributed by atoms with Crippen LogP contribution in [0, 0.1) is 6.92 Å². The van der Waals surface area contributed by atoms with Gasteiger partial charge in [0.2, 0.25) is 0 Å². The van der Waals surface area contributed by atoms with E-state index >= 15 is 0 Å². The van der Waals surface area contributed by atoms with Crippen LogP contribution in [0.4, 0.5) is 5.69 Å². The Morgan fingerprint density at radius 1 is 1.41 bits per heavy atom. The lowest BCUT2D eigenvalue weighted by atomic mass is 10.1. The first kappa shape index (κ1) is 13.3. The van der Waals surface area contributed by atoms with Gasteiger partial charge in [-0.25, -0.2) is 4.79 Å². The average molecular weight is 258 g/mol. The van der Waals surface area contributed by atoms with Crippen LogP contribution in [0.5, 0.6) is 0 Å². The second kappa shape index (κ2) is 5.54. The summed E-state index contributed by atoms with van der Waals surface area (Å²) in [6.07, 6.45) is -0.499. The van der Waals surface area contributed by atoms with Crippen LogP contribution in [0.3, 0.4) is 0 Å². The van der Waals surface area contributed by atoms with E-state index in [0.717, 1.165) is 5.56 Å². The number of hydrogen-bond donors (Lipinski definition) is 3. The molecule has 6 heteroatoms. The number of hydrogen-bond acceptors (Lipinski definition) is 3. The number of aryl methyl sites for hydroxylation is 1. The van der Waals surface area contributed by atoms with Crippen LogP contribution in [0.2, 0.25) is 5.02 Å². The topological polar surface area (TPSA) is 86.6 Å². The van der Waals surface area contributed by atoms with Crippen molar-refractivity contribution in [1.29, 1.82) is 0 Å². The summed E-state index contributed by atoms with van der Waals surface area (Å²) >= 11 is 5.78. The minimum absolute atomic E-state index is 0.456. The second-order valence-corrected chi connectivity index (χ2v) is 4.03. The van der Waals surface area contributed by atoms with E-state index in [1.165, 1.54) is 0 Å². The van der Waals surface area contributed by atoms with Gasteiger partial charge < -0.3 is 15.5 Å². The van der Waals surface area contributed by atoms with Gasteiger partial charge in [-0.3, -0.25) is 4.79 Å². The molecule has 3 N–H and O–H groups in total. The van der Waals surface area contributed by atoms with Gasteiger partial charge in [0.1, 0.15) is 6.04 Å². The van der Waals surface area contributed by atoms with Crippen molar-refractivity contribution in [2.24, 2.45) is 0 Å². The van der Waals surface area contributed by atoms with Crippen LogP contribution in [0.15, 0.2) is 18.2 Å². The van der Waals surface area contributed by atoms with Gasteiger partial charge in [0.05, 0.1) is 6.42 Å². The number of carboxylic acids is 2. The minimum atomic E-state index is -1.22. The number of aliphatic carboxylic acids is 2. The Bertz CT molecular complexity index is 447. The van der Waals surface area contributed by atoms with Crippen molar-refractivity contribution >= 4 is 29.2 Å². The smallest absolute Gasteiger partial charge is 0.326 e. The van der Waals surface area contributed by atoms with Crippen molar-refractivity contribution in [3.8, 4) is 0 Å². The highest BCUT2D eigenvalue weighted by Crippen LogP contribution is 2.21. The number of halogens is 1. The highest BCUT2D eigenvalue weighted by atomic mass is 35.5. The minimum Gasteiger partial charge on any atom is -0.481 e. The maximum atomic E-state index is 10.9. The van der Waals surface area contributed by atoms with Crippen molar-refractivity contribution in [3.63, 3.8) is 0 Å². The highest BCUT2D eigenvalue weighted by Gasteiger charge is 2.21. The fourth-order valence-corrected chi connectivity index (χ4v) is 1.48. The summed E-state index contributed by atoms with van der Waals surface area (Å²) < 4.78 is 0. The summed E-state index contributed by atoms with van der Waals surface area (Å²) in [4.78, 5) is 21.4. The van der Waals surface area contributed by atoms with Gasteiger partial charge in [-0.05, 0) is 24.6 Å². The van der Waals surface area contributed by atoms with E-state index in [9.17, 15) is 9.59 Å². The Kier molecular flexibility index (Phi) is 4.34. The summed E-state index contributed by atoms with van der Waals surface area (Å²) in [7, 11) is 0. The van der Waals surface area contributed by atoms with Crippen LogP contribution in [0.25, 0.3) is 0 Å². The van der Waals surface area contributed by atoms with Crippen molar-refractivity contribution in [2.75, 3.05) is 5.32 Å². The molecule has 0 aromatic heterocycles. The van der Waals surface area contributed by atoms with Gasteiger partial charge in [-0.1, -0.05) is 17.7 Å². The van der Waals surface area contributed by atoms with Gasteiger partial charge in [0.25, 0.3) is 0 Å². The molecule has 1 aromatic carbocycles. The molecule has 0 aliphatic heterocycles. The summed E-state index contributed by atoms with van der Waals surface area (Å²) in [5.74, 6) is -2.39. The van der Waals surface area contributed by atoms with E-state index in [4.69, 9.17) is 21.8 Å². The van der Waals surface area contributed by atoms with Gasteiger partial charge in [0, 0.05) is 10.7 Å². The quantitative estimate of drug-likeness (QED) is 0.751. The summed E-state index contributed by atoms with van der Waals surface area (Å²) in [6, 6.07) is 3.79. The van der Waals surface area contributed by atoms with E-state index < -0.39 is 24.4 Å². The van der Waals surface area contributed by atoms with E-state index in [2.05, 4.69) is 5.32 Å². The molecular weight excluding hydrogens is 246 g/mol. The number of nitrogens with one attached hydrogen (secondary N) is 1.